The minimum absolute atomic E-state index is 0.649. The van der Waals surface area contributed by atoms with Crippen molar-refractivity contribution in [2.45, 2.75) is 6.92 Å². The number of fused-ring (bicyclic) bond motifs is 1. The molecule has 1 aromatic heterocycles. The quantitative estimate of drug-likeness (QED) is 0.724. The molecular weight excluding hydrogens is 353 g/mol. The molecule has 0 spiro atoms. The number of ether oxygens (including phenoxy) is 1. The summed E-state index contributed by atoms with van der Waals surface area (Å²) < 4.78 is 19.8. The summed E-state index contributed by atoms with van der Waals surface area (Å²) in [5.74, 6) is 0.760. The molecule has 21 heavy (non-hydrogen) atoms. The van der Waals surface area contributed by atoms with Crippen molar-refractivity contribution >= 4 is 45.3 Å². The fourth-order valence-electron chi connectivity index (χ4n) is 2.33. The average molecular weight is 367 g/mol. The van der Waals surface area contributed by atoms with E-state index in [1.54, 1.807) is 7.11 Å². The zero-order valence-corrected chi connectivity index (χ0v) is 14.1. The normalized spacial score (nSPS) is 12.5. The summed E-state index contributed by atoms with van der Waals surface area (Å²) in [4.78, 5) is 3.28. The van der Waals surface area contributed by atoms with Crippen molar-refractivity contribution in [1.82, 2.24) is 4.98 Å². The van der Waals surface area contributed by atoms with Crippen LogP contribution >= 0.6 is 11.6 Å². The van der Waals surface area contributed by atoms with Gasteiger partial charge in [0.15, 0.2) is 0 Å². The summed E-state index contributed by atoms with van der Waals surface area (Å²) in [6, 6.07) is 13.0. The van der Waals surface area contributed by atoms with Gasteiger partial charge in [0.1, 0.15) is 0 Å². The van der Waals surface area contributed by atoms with Crippen LogP contribution in [0.4, 0.5) is 0 Å². The third-order valence-electron chi connectivity index (χ3n) is 3.35. The van der Waals surface area contributed by atoms with Crippen molar-refractivity contribution < 1.29 is 8.57 Å². The molecule has 0 radical (unpaired) electrons. The van der Waals surface area contributed by atoms with Crippen LogP contribution in [0.25, 0.3) is 10.9 Å². The van der Waals surface area contributed by atoms with Crippen LogP contribution in [0.2, 0.25) is 5.02 Å². The summed E-state index contributed by atoms with van der Waals surface area (Å²) in [7, 11) is 1.62. The fourth-order valence-corrected chi connectivity index (χ4v) is 5.26. The van der Waals surface area contributed by atoms with Gasteiger partial charge >= 0.3 is 132 Å². The Morgan fingerprint density at radius 1 is 1.14 bits per heavy atom. The Kier molecular flexibility index (Phi) is 3.85. The topological polar surface area (TPSA) is 42.1 Å². The maximum atomic E-state index is 13.0. The van der Waals surface area contributed by atoms with Crippen molar-refractivity contribution in [3.8, 4) is 5.75 Å². The van der Waals surface area contributed by atoms with Crippen LogP contribution in [-0.2, 0) is 3.83 Å². The zero-order chi connectivity index (χ0) is 15.0. The first-order valence-corrected chi connectivity index (χ1v) is 9.23. The number of hydrogen-bond acceptors (Lipinski definition) is 2. The minimum atomic E-state index is -2.35. The standard InChI is InChI=1S/C16H14ClNO2Se/c1-10-16(14-9-11(17)3-8-15(14)18-10)21(19)13-6-4-12(20-2)5-7-13/h3-9,18H,1-2H3. The maximum absolute atomic E-state index is 13.0. The zero-order valence-electron chi connectivity index (χ0n) is 11.6. The molecule has 0 bridgehead atoms. The second-order valence-corrected chi connectivity index (χ2v) is 8.12. The number of rotatable bonds is 3. The number of methoxy groups -OCH3 is 1. The number of aromatic nitrogens is 1. The average Bonchev–Trinajstić information content (AvgIpc) is 2.82. The van der Waals surface area contributed by atoms with Gasteiger partial charge in [-0.2, -0.15) is 0 Å². The van der Waals surface area contributed by atoms with Crippen LogP contribution < -0.4 is 13.7 Å². The van der Waals surface area contributed by atoms with Gasteiger partial charge in [0.2, 0.25) is 0 Å². The van der Waals surface area contributed by atoms with Crippen molar-refractivity contribution in [2.75, 3.05) is 7.11 Å². The number of hydrogen-bond donors (Lipinski definition) is 1. The number of aromatic amines is 1. The molecule has 0 amide bonds. The SMILES string of the molecule is COc1ccc([Se](=O)c2c(C)[nH]c3ccc(Cl)cc23)cc1. The molecule has 1 heterocycles. The third kappa shape index (κ3) is 2.62. The van der Waals surface area contributed by atoms with Gasteiger partial charge < -0.3 is 0 Å². The van der Waals surface area contributed by atoms with Crippen molar-refractivity contribution in [1.29, 1.82) is 0 Å². The number of nitrogens with one attached hydrogen (secondary N) is 1. The molecule has 1 unspecified atom stereocenters. The molecule has 0 aliphatic heterocycles. The van der Waals surface area contributed by atoms with Crippen LogP contribution in [0.1, 0.15) is 5.69 Å². The van der Waals surface area contributed by atoms with E-state index in [1.165, 1.54) is 0 Å². The van der Waals surface area contributed by atoms with Gasteiger partial charge in [0, 0.05) is 0 Å². The first kappa shape index (κ1) is 14.3. The molecule has 0 saturated carbocycles. The third-order valence-corrected chi connectivity index (χ3v) is 6.93. The molecule has 3 nitrogen and oxygen atoms in total. The van der Waals surface area contributed by atoms with Gasteiger partial charge in [-0.15, -0.1) is 0 Å². The van der Waals surface area contributed by atoms with Crippen molar-refractivity contribution in [3.05, 3.63) is 53.2 Å². The van der Waals surface area contributed by atoms with Gasteiger partial charge in [-0.25, -0.2) is 0 Å². The van der Waals surface area contributed by atoms with E-state index in [9.17, 15) is 3.83 Å². The molecule has 3 rings (SSSR count). The Balaban J connectivity index is 2.12. The Labute approximate surface area is 132 Å². The van der Waals surface area contributed by atoms with Crippen LogP contribution in [-0.4, -0.2) is 25.9 Å². The first-order valence-electron chi connectivity index (χ1n) is 6.44. The van der Waals surface area contributed by atoms with E-state index in [4.69, 9.17) is 16.3 Å². The monoisotopic (exact) mass is 367 g/mol. The first-order chi connectivity index (χ1) is 10.1. The van der Waals surface area contributed by atoms with E-state index in [-0.39, 0.29) is 0 Å². The van der Waals surface area contributed by atoms with E-state index < -0.39 is 13.8 Å². The summed E-state index contributed by atoms with van der Waals surface area (Å²) in [6.07, 6.45) is 0. The van der Waals surface area contributed by atoms with Crippen LogP contribution in [0.15, 0.2) is 42.5 Å². The van der Waals surface area contributed by atoms with Crippen LogP contribution in [0.5, 0.6) is 5.75 Å². The summed E-state index contributed by atoms with van der Waals surface area (Å²) in [5, 5.41) is 1.59. The molecule has 0 saturated heterocycles. The van der Waals surface area contributed by atoms with Gasteiger partial charge in [0.25, 0.3) is 0 Å². The Morgan fingerprint density at radius 3 is 2.52 bits per heavy atom. The number of benzene rings is 2. The molecule has 0 aliphatic rings. The summed E-state index contributed by atoms with van der Waals surface area (Å²) in [5.41, 5.74) is 1.90. The van der Waals surface area contributed by atoms with Crippen LogP contribution in [0.3, 0.4) is 0 Å². The van der Waals surface area contributed by atoms with Gasteiger partial charge in [0.05, 0.1) is 0 Å². The van der Waals surface area contributed by atoms with E-state index in [2.05, 4.69) is 4.98 Å². The summed E-state index contributed by atoms with van der Waals surface area (Å²) in [6.45, 7) is 1.95. The molecule has 1 N–H and O–H groups in total. The second-order valence-electron chi connectivity index (χ2n) is 4.71. The van der Waals surface area contributed by atoms with Gasteiger partial charge in [-0.1, -0.05) is 0 Å². The van der Waals surface area contributed by atoms with E-state index in [0.29, 0.717) is 5.02 Å². The molecular formula is C16H14ClNO2Se. The molecule has 2 aromatic carbocycles. The molecule has 108 valence electrons. The Bertz CT molecular complexity index is 824. The molecule has 3 aromatic rings. The number of H-pyrrole nitrogens is 1. The predicted octanol–water partition coefficient (Wildman–Crippen LogP) is 2.67. The van der Waals surface area contributed by atoms with Crippen molar-refractivity contribution in [2.24, 2.45) is 0 Å². The molecule has 5 heteroatoms. The van der Waals surface area contributed by atoms with Crippen molar-refractivity contribution in [3.63, 3.8) is 0 Å². The van der Waals surface area contributed by atoms with Crippen LogP contribution in [0, 0.1) is 6.92 Å². The Morgan fingerprint density at radius 2 is 1.86 bits per heavy atom. The number of aryl methyl sites for hydroxylation is 1. The molecule has 0 aliphatic carbocycles. The van der Waals surface area contributed by atoms with E-state index in [0.717, 1.165) is 31.3 Å². The van der Waals surface area contributed by atoms with E-state index >= 15 is 0 Å². The van der Waals surface area contributed by atoms with Gasteiger partial charge in [-0.05, 0) is 0 Å². The second kappa shape index (κ2) is 5.64. The predicted molar refractivity (Wildman–Crippen MR) is 86.7 cm³/mol. The Hall–Kier alpha value is -1.61. The van der Waals surface area contributed by atoms with E-state index in [1.807, 2.05) is 49.4 Å². The summed E-state index contributed by atoms with van der Waals surface area (Å²) >= 11 is 3.72. The molecule has 1 atom stereocenters. The van der Waals surface area contributed by atoms with Gasteiger partial charge in [-0.3, -0.25) is 0 Å². The fraction of sp³-hybridized carbons (Fsp3) is 0.125. The number of halogens is 1. The molecule has 0 fully saturated rings.